The number of amides is 1. The quantitative estimate of drug-likeness (QED) is 0.696. The van der Waals surface area contributed by atoms with E-state index in [9.17, 15) is 4.79 Å². The lowest BCUT2D eigenvalue weighted by Gasteiger charge is -1.94. The number of benzene rings is 1. The molecule has 2 atom stereocenters. The van der Waals surface area contributed by atoms with Crippen molar-refractivity contribution in [3.05, 3.63) is 35.9 Å². The number of hydrogen-bond donors (Lipinski definition) is 2. The Morgan fingerprint density at radius 1 is 1.36 bits per heavy atom. The normalized spacial score (nSPS) is 23.3. The molecule has 14 heavy (non-hydrogen) atoms. The van der Waals surface area contributed by atoms with Crippen LogP contribution in [-0.4, -0.2) is 11.9 Å². The molecule has 0 bridgehead atoms. The highest BCUT2D eigenvalue weighted by Gasteiger charge is 2.34. The second kappa shape index (κ2) is 4.77. The van der Waals surface area contributed by atoms with E-state index in [0.29, 0.717) is 12.0 Å². The van der Waals surface area contributed by atoms with Crippen LogP contribution in [0.4, 0.5) is 0 Å². The highest BCUT2D eigenvalue weighted by Crippen LogP contribution is 2.38. The van der Waals surface area contributed by atoms with Crippen LogP contribution >= 0.6 is 0 Å². The van der Waals surface area contributed by atoms with E-state index >= 15 is 0 Å². The average molecular weight is 192 g/mol. The van der Waals surface area contributed by atoms with Crippen LogP contribution in [0.3, 0.4) is 0 Å². The van der Waals surface area contributed by atoms with E-state index in [-0.39, 0.29) is 5.91 Å². The van der Waals surface area contributed by atoms with Gasteiger partial charge in [0, 0.05) is 18.9 Å². The molecule has 3 nitrogen and oxygen atoms in total. The van der Waals surface area contributed by atoms with Crippen LogP contribution in [0, 0.1) is 0 Å². The van der Waals surface area contributed by atoms with Crippen molar-refractivity contribution < 1.29 is 4.79 Å². The van der Waals surface area contributed by atoms with Gasteiger partial charge in [-0.25, -0.2) is 0 Å². The lowest BCUT2D eigenvalue weighted by Crippen LogP contribution is -2.01. The van der Waals surface area contributed by atoms with Crippen molar-refractivity contribution in [2.75, 3.05) is 0 Å². The van der Waals surface area contributed by atoms with Gasteiger partial charge in [0.2, 0.25) is 5.91 Å². The fraction of sp³-hybridized carbons (Fsp3) is 0.364. The van der Waals surface area contributed by atoms with Gasteiger partial charge < -0.3 is 11.5 Å². The van der Waals surface area contributed by atoms with Crippen LogP contribution in [0.1, 0.15) is 24.8 Å². The van der Waals surface area contributed by atoms with E-state index in [1.165, 1.54) is 18.9 Å². The minimum atomic E-state index is -0.333. The van der Waals surface area contributed by atoms with E-state index < -0.39 is 0 Å². The van der Waals surface area contributed by atoms with Crippen molar-refractivity contribution in [2.45, 2.75) is 25.3 Å². The second-order valence-electron chi connectivity index (χ2n) is 3.53. The van der Waals surface area contributed by atoms with Crippen LogP contribution in [-0.2, 0) is 4.79 Å². The summed E-state index contributed by atoms with van der Waals surface area (Å²) in [6.45, 7) is 1.31. The van der Waals surface area contributed by atoms with Crippen molar-refractivity contribution in [2.24, 2.45) is 11.5 Å². The lowest BCUT2D eigenvalue weighted by atomic mass is 10.1. The standard InChI is InChI=1S/C9H11N.C2H5NO/c10-9-6-8(9)7-4-2-1-3-5-7;1-2(3)4/h1-5,8-9H,6,10H2;1H3,(H2,3,4). The summed E-state index contributed by atoms with van der Waals surface area (Å²) < 4.78 is 0. The van der Waals surface area contributed by atoms with Crippen LogP contribution in [0.5, 0.6) is 0 Å². The van der Waals surface area contributed by atoms with Gasteiger partial charge in [-0.05, 0) is 12.0 Å². The van der Waals surface area contributed by atoms with Crippen molar-refractivity contribution in [3.63, 3.8) is 0 Å². The van der Waals surface area contributed by atoms with Gasteiger partial charge in [-0.1, -0.05) is 30.3 Å². The summed E-state index contributed by atoms with van der Waals surface area (Å²) in [5.74, 6) is 0.321. The molecule has 1 aliphatic carbocycles. The van der Waals surface area contributed by atoms with Crippen molar-refractivity contribution >= 4 is 5.91 Å². The number of primary amides is 1. The van der Waals surface area contributed by atoms with E-state index in [2.05, 4.69) is 30.0 Å². The summed E-state index contributed by atoms with van der Waals surface area (Å²) in [6.07, 6.45) is 1.17. The first-order valence-electron chi connectivity index (χ1n) is 4.68. The third kappa shape index (κ3) is 3.58. The Morgan fingerprint density at radius 3 is 2.14 bits per heavy atom. The van der Waals surface area contributed by atoms with Gasteiger partial charge in [0.15, 0.2) is 0 Å². The fourth-order valence-corrected chi connectivity index (χ4v) is 1.30. The van der Waals surface area contributed by atoms with Gasteiger partial charge in [0.05, 0.1) is 0 Å². The fourth-order valence-electron chi connectivity index (χ4n) is 1.30. The molecule has 2 rings (SSSR count). The number of carbonyl (C=O) groups excluding carboxylic acids is 1. The lowest BCUT2D eigenvalue weighted by molar-refractivity contribution is -0.115. The molecule has 1 aromatic rings. The molecule has 0 heterocycles. The highest BCUT2D eigenvalue weighted by molar-refractivity contribution is 5.70. The minimum absolute atomic E-state index is 0.333. The number of carbonyl (C=O) groups is 1. The van der Waals surface area contributed by atoms with E-state index in [1.54, 1.807) is 0 Å². The first-order valence-corrected chi connectivity index (χ1v) is 4.68. The maximum Gasteiger partial charge on any atom is 0.214 e. The molecule has 1 fully saturated rings. The van der Waals surface area contributed by atoms with Crippen LogP contribution in [0.15, 0.2) is 30.3 Å². The minimum Gasteiger partial charge on any atom is -0.370 e. The third-order valence-electron chi connectivity index (χ3n) is 2.07. The predicted molar refractivity (Wildman–Crippen MR) is 56.6 cm³/mol. The molecule has 0 spiro atoms. The molecular formula is C11H16N2O. The average Bonchev–Trinajstić information content (AvgIpc) is 2.83. The topological polar surface area (TPSA) is 69.1 Å². The molecule has 76 valence electrons. The van der Waals surface area contributed by atoms with Crippen LogP contribution in [0.25, 0.3) is 0 Å². The Balaban J connectivity index is 0.000000213. The van der Waals surface area contributed by atoms with Crippen molar-refractivity contribution in [3.8, 4) is 0 Å². The molecule has 0 aromatic heterocycles. The second-order valence-corrected chi connectivity index (χ2v) is 3.53. The van der Waals surface area contributed by atoms with Gasteiger partial charge in [-0.2, -0.15) is 0 Å². The van der Waals surface area contributed by atoms with Gasteiger partial charge in [0.25, 0.3) is 0 Å². The molecular weight excluding hydrogens is 176 g/mol. The van der Waals surface area contributed by atoms with Crippen molar-refractivity contribution in [1.29, 1.82) is 0 Å². The highest BCUT2D eigenvalue weighted by atomic mass is 16.1. The summed E-state index contributed by atoms with van der Waals surface area (Å²) >= 11 is 0. The molecule has 1 saturated carbocycles. The smallest absolute Gasteiger partial charge is 0.214 e. The Morgan fingerprint density at radius 2 is 1.79 bits per heavy atom. The summed E-state index contributed by atoms with van der Waals surface area (Å²) in [5, 5.41) is 0. The van der Waals surface area contributed by atoms with Crippen LogP contribution in [0.2, 0.25) is 0 Å². The molecule has 3 heteroatoms. The maximum atomic E-state index is 9.22. The summed E-state index contributed by atoms with van der Waals surface area (Å²) in [5.41, 5.74) is 11.6. The maximum absolute atomic E-state index is 9.22. The Labute approximate surface area is 84.1 Å². The molecule has 0 saturated heterocycles. The third-order valence-corrected chi connectivity index (χ3v) is 2.07. The SMILES string of the molecule is CC(N)=O.NC1CC1c1ccccc1. The zero-order valence-corrected chi connectivity index (χ0v) is 8.31. The first-order chi connectivity index (χ1) is 6.61. The Kier molecular flexibility index (Phi) is 3.65. The molecule has 1 aliphatic rings. The zero-order chi connectivity index (χ0) is 10.6. The monoisotopic (exact) mass is 192 g/mol. The first kappa shape index (κ1) is 10.7. The number of rotatable bonds is 1. The zero-order valence-electron chi connectivity index (χ0n) is 8.31. The van der Waals surface area contributed by atoms with Gasteiger partial charge in [0.1, 0.15) is 0 Å². The van der Waals surface area contributed by atoms with Gasteiger partial charge in [-0.15, -0.1) is 0 Å². The molecule has 2 unspecified atom stereocenters. The number of hydrogen-bond acceptors (Lipinski definition) is 2. The van der Waals surface area contributed by atoms with E-state index in [0.717, 1.165) is 0 Å². The van der Waals surface area contributed by atoms with Gasteiger partial charge in [-0.3, -0.25) is 4.79 Å². The van der Waals surface area contributed by atoms with Gasteiger partial charge >= 0.3 is 0 Å². The Hall–Kier alpha value is -1.35. The van der Waals surface area contributed by atoms with Crippen molar-refractivity contribution in [1.82, 2.24) is 0 Å². The summed E-state index contributed by atoms with van der Waals surface area (Å²) in [4.78, 5) is 9.22. The molecule has 4 N–H and O–H groups in total. The number of nitrogens with two attached hydrogens (primary N) is 2. The van der Waals surface area contributed by atoms with E-state index in [1.807, 2.05) is 6.07 Å². The molecule has 1 amide bonds. The van der Waals surface area contributed by atoms with Crippen LogP contribution < -0.4 is 11.5 Å². The Bertz CT molecular complexity index is 293. The summed E-state index contributed by atoms with van der Waals surface area (Å²) in [7, 11) is 0. The largest absolute Gasteiger partial charge is 0.370 e. The summed E-state index contributed by atoms with van der Waals surface area (Å²) in [6, 6.07) is 10.9. The molecule has 0 aliphatic heterocycles. The molecule has 1 aromatic carbocycles. The van der Waals surface area contributed by atoms with E-state index in [4.69, 9.17) is 5.73 Å². The predicted octanol–water partition coefficient (Wildman–Crippen LogP) is 0.993. The molecule has 0 radical (unpaired) electrons.